The second kappa shape index (κ2) is 9.30. The quantitative estimate of drug-likeness (QED) is 0.731. The Hall–Kier alpha value is -2.05. The zero-order chi connectivity index (χ0) is 17.4. The predicted molar refractivity (Wildman–Crippen MR) is 96.7 cm³/mol. The molecular formula is C18H24N2O3S. The van der Waals surface area contributed by atoms with E-state index in [1.54, 1.807) is 18.4 Å². The molecule has 5 nitrogen and oxygen atoms in total. The van der Waals surface area contributed by atoms with Gasteiger partial charge in [-0.2, -0.15) is 0 Å². The van der Waals surface area contributed by atoms with Crippen LogP contribution < -0.4 is 20.1 Å². The first-order chi connectivity index (χ1) is 11.6. The van der Waals surface area contributed by atoms with Crippen LogP contribution in [-0.4, -0.2) is 26.2 Å². The summed E-state index contributed by atoms with van der Waals surface area (Å²) in [6, 6.07) is 10.2. The van der Waals surface area contributed by atoms with E-state index < -0.39 is 0 Å². The van der Waals surface area contributed by atoms with E-state index in [4.69, 9.17) is 9.47 Å². The van der Waals surface area contributed by atoms with Crippen molar-refractivity contribution in [3.63, 3.8) is 0 Å². The molecule has 130 valence electrons. The number of methoxy groups -OCH3 is 1. The third-order valence-corrected chi connectivity index (χ3v) is 4.60. The molecule has 6 heteroatoms. The van der Waals surface area contributed by atoms with Gasteiger partial charge in [0.2, 0.25) is 0 Å². The van der Waals surface area contributed by atoms with Gasteiger partial charge in [-0.15, -0.1) is 11.3 Å². The SMILES string of the molecule is CCNC(=O)COc1ccc(CNC(C)c2cccs2)cc1OC. The average Bonchev–Trinajstić information content (AvgIpc) is 3.13. The number of rotatable bonds is 9. The molecule has 2 aromatic rings. The molecule has 0 radical (unpaired) electrons. The van der Waals surface area contributed by atoms with E-state index >= 15 is 0 Å². The number of likely N-dealkylation sites (N-methyl/N-ethyl adjacent to an activating group) is 1. The third kappa shape index (κ3) is 5.25. The minimum atomic E-state index is -0.143. The molecular weight excluding hydrogens is 324 g/mol. The van der Waals surface area contributed by atoms with Gasteiger partial charge in [-0.25, -0.2) is 0 Å². The molecule has 2 N–H and O–H groups in total. The lowest BCUT2D eigenvalue weighted by Crippen LogP contribution is -2.28. The van der Waals surface area contributed by atoms with Crippen LogP contribution in [0.4, 0.5) is 0 Å². The van der Waals surface area contributed by atoms with E-state index in [1.165, 1.54) is 4.88 Å². The van der Waals surface area contributed by atoms with Crippen molar-refractivity contribution in [3.05, 3.63) is 46.2 Å². The molecule has 2 rings (SSSR count). The highest BCUT2D eigenvalue weighted by Crippen LogP contribution is 2.28. The van der Waals surface area contributed by atoms with Crippen molar-refractivity contribution in [1.29, 1.82) is 0 Å². The topological polar surface area (TPSA) is 59.6 Å². The summed E-state index contributed by atoms with van der Waals surface area (Å²) >= 11 is 1.74. The van der Waals surface area contributed by atoms with Gasteiger partial charge in [0.1, 0.15) is 0 Å². The minimum absolute atomic E-state index is 0.0167. The van der Waals surface area contributed by atoms with Crippen molar-refractivity contribution < 1.29 is 14.3 Å². The van der Waals surface area contributed by atoms with E-state index in [0.29, 0.717) is 24.1 Å². The summed E-state index contributed by atoms with van der Waals surface area (Å²) in [6.07, 6.45) is 0. The largest absolute Gasteiger partial charge is 0.493 e. The molecule has 0 saturated carbocycles. The molecule has 1 aromatic carbocycles. The lowest BCUT2D eigenvalue weighted by Gasteiger charge is -2.15. The Morgan fingerprint density at radius 2 is 2.12 bits per heavy atom. The van der Waals surface area contributed by atoms with Crippen LogP contribution in [0.2, 0.25) is 0 Å². The van der Waals surface area contributed by atoms with Gasteiger partial charge in [0.05, 0.1) is 7.11 Å². The monoisotopic (exact) mass is 348 g/mol. The van der Waals surface area contributed by atoms with Gasteiger partial charge < -0.3 is 20.1 Å². The number of carbonyl (C=O) groups excluding carboxylic acids is 1. The second-order valence-electron chi connectivity index (χ2n) is 5.35. The number of carbonyl (C=O) groups is 1. The number of amides is 1. The standard InChI is InChI=1S/C18H24N2O3S/c1-4-19-18(21)12-23-15-8-7-14(10-16(15)22-3)11-20-13(2)17-6-5-9-24-17/h5-10,13,20H,4,11-12H2,1-3H3,(H,19,21). The number of hydrogen-bond donors (Lipinski definition) is 2. The van der Waals surface area contributed by atoms with Crippen molar-refractivity contribution in [1.82, 2.24) is 10.6 Å². The van der Waals surface area contributed by atoms with E-state index in [2.05, 4.69) is 35.1 Å². The molecule has 0 aliphatic carbocycles. The van der Waals surface area contributed by atoms with Crippen molar-refractivity contribution in [2.75, 3.05) is 20.3 Å². The summed E-state index contributed by atoms with van der Waals surface area (Å²) in [5.74, 6) is 1.05. The Bertz CT molecular complexity index is 644. The number of ether oxygens (including phenoxy) is 2. The highest BCUT2D eigenvalue weighted by molar-refractivity contribution is 7.10. The summed E-state index contributed by atoms with van der Waals surface area (Å²) < 4.78 is 10.9. The highest BCUT2D eigenvalue weighted by Gasteiger charge is 2.10. The van der Waals surface area contributed by atoms with Gasteiger partial charge >= 0.3 is 0 Å². The number of thiophene rings is 1. The molecule has 0 fully saturated rings. The fourth-order valence-electron chi connectivity index (χ4n) is 2.24. The van der Waals surface area contributed by atoms with Crippen LogP contribution >= 0.6 is 11.3 Å². The molecule has 1 aromatic heterocycles. The van der Waals surface area contributed by atoms with Gasteiger partial charge in [0.25, 0.3) is 5.91 Å². The van der Waals surface area contributed by atoms with Crippen LogP contribution in [0.5, 0.6) is 11.5 Å². The molecule has 0 aliphatic heterocycles. The van der Waals surface area contributed by atoms with Crippen molar-refractivity contribution >= 4 is 17.2 Å². The molecule has 1 atom stereocenters. The fraction of sp³-hybridized carbons (Fsp3) is 0.389. The minimum Gasteiger partial charge on any atom is -0.493 e. The normalized spacial score (nSPS) is 11.8. The second-order valence-corrected chi connectivity index (χ2v) is 6.32. The first-order valence-corrected chi connectivity index (χ1v) is 8.85. The number of benzene rings is 1. The highest BCUT2D eigenvalue weighted by atomic mass is 32.1. The van der Waals surface area contributed by atoms with Crippen molar-refractivity contribution in [3.8, 4) is 11.5 Å². The Labute approximate surface area is 147 Å². The molecule has 24 heavy (non-hydrogen) atoms. The Morgan fingerprint density at radius 1 is 1.29 bits per heavy atom. The molecule has 1 heterocycles. The summed E-state index contributed by atoms with van der Waals surface area (Å²) in [7, 11) is 1.60. The van der Waals surface area contributed by atoms with Crippen molar-refractivity contribution in [2.45, 2.75) is 26.4 Å². The fourth-order valence-corrected chi connectivity index (χ4v) is 3.00. The number of nitrogens with one attached hydrogen (secondary N) is 2. The van der Waals surface area contributed by atoms with Gasteiger partial charge in [-0.05, 0) is 43.0 Å². The van der Waals surface area contributed by atoms with Gasteiger partial charge in [-0.1, -0.05) is 12.1 Å². The molecule has 0 saturated heterocycles. The van der Waals surface area contributed by atoms with E-state index in [1.807, 2.05) is 25.1 Å². The Balaban J connectivity index is 1.94. The summed E-state index contributed by atoms with van der Waals surface area (Å²) in [5.41, 5.74) is 1.10. The molecule has 1 amide bonds. The van der Waals surface area contributed by atoms with E-state index in [-0.39, 0.29) is 12.5 Å². The van der Waals surface area contributed by atoms with Gasteiger partial charge in [0.15, 0.2) is 18.1 Å². The van der Waals surface area contributed by atoms with Crippen molar-refractivity contribution in [2.24, 2.45) is 0 Å². The van der Waals surface area contributed by atoms with E-state index in [9.17, 15) is 4.79 Å². The molecule has 0 aliphatic rings. The van der Waals surface area contributed by atoms with Crippen LogP contribution in [0.15, 0.2) is 35.7 Å². The zero-order valence-electron chi connectivity index (χ0n) is 14.3. The lowest BCUT2D eigenvalue weighted by molar-refractivity contribution is -0.123. The van der Waals surface area contributed by atoms with Crippen LogP contribution in [0, 0.1) is 0 Å². The third-order valence-electron chi connectivity index (χ3n) is 3.54. The molecule has 1 unspecified atom stereocenters. The maximum Gasteiger partial charge on any atom is 0.257 e. The maximum absolute atomic E-state index is 11.5. The Kier molecular flexibility index (Phi) is 7.08. The molecule has 0 bridgehead atoms. The number of hydrogen-bond acceptors (Lipinski definition) is 5. The van der Waals surface area contributed by atoms with Crippen LogP contribution in [0.25, 0.3) is 0 Å². The average molecular weight is 348 g/mol. The van der Waals surface area contributed by atoms with E-state index in [0.717, 1.165) is 12.1 Å². The van der Waals surface area contributed by atoms with Gasteiger partial charge in [-0.3, -0.25) is 4.79 Å². The lowest BCUT2D eigenvalue weighted by atomic mass is 10.2. The summed E-state index contributed by atoms with van der Waals surface area (Å²) in [5, 5.41) is 8.27. The molecule has 0 spiro atoms. The van der Waals surface area contributed by atoms with Crippen LogP contribution in [-0.2, 0) is 11.3 Å². The first kappa shape index (κ1) is 18.3. The first-order valence-electron chi connectivity index (χ1n) is 7.97. The summed E-state index contributed by atoms with van der Waals surface area (Å²) in [4.78, 5) is 12.8. The summed E-state index contributed by atoms with van der Waals surface area (Å²) in [6.45, 7) is 5.32. The Morgan fingerprint density at radius 3 is 2.79 bits per heavy atom. The zero-order valence-corrected chi connectivity index (χ0v) is 15.1. The van der Waals surface area contributed by atoms with Crippen LogP contribution in [0.3, 0.4) is 0 Å². The smallest absolute Gasteiger partial charge is 0.257 e. The van der Waals surface area contributed by atoms with Crippen LogP contribution in [0.1, 0.15) is 30.3 Å². The maximum atomic E-state index is 11.5. The predicted octanol–water partition coefficient (Wildman–Crippen LogP) is 3.12. The van der Waals surface area contributed by atoms with Gasteiger partial charge in [0, 0.05) is 24.0 Å².